The van der Waals surface area contributed by atoms with Crippen LogP contribution in [0.15, 0.2) is 28.4 Å². The lowest BCUT2D eigenvalue weighted by Crippen LogP contribution is -2.10. The van der Waals surface area contributed by atoms with Crippen LogP contribution >= 0.6 is 11.6 Å². The van der Waals surface area contributed by atoms with Gasteiger partial charge in [0.1, 0.15) is 11.0 Å². The van der Waals surface area contributed by atoms with E-state index in [1.165, 1.54) is 6.08 Å². The number of nitrogens with two attached hydrogens (primary N) is 1. The quantitative estimate of drug-likeness (QED) is 0.710. The van der Waals surface area contributed by atoms with Gasteiger partial charge < -0.3 is 5.73 Å². The predicted molar refractivity (Wildman–Crippen MR) is 65.4 cm³/mol. The number of aliphatic imine (C=N–C) groups is 1. The average Bonchev–Trinajstić information content (AvgIpc) is 2.43. The van der Waals surface area contributed by atoms with Crippen LogP contribution in [0.5, 0.6) is 0 Å². The van der Waals surface area contributed by atoms with E-state index in [4.69, 9.17) is 22.7 Å². The van der Waals surface area contributed by atoms with E-state index < -0.39 is 0 Å². The Morgan fingerprint density at radius 2 is 2.33 bits per heavy atom. The van der Waals surface area contributed by atoms with E-state index in [2.05, 4.69) is 18.8 Å². The Kier molecular flexibility index (Phi) is 4.09. The predicted octanol–water partition coefficient (Wildman–Crippen LogP) is 2.82. The second kappa shape index (κ2) is 5.12. The number of hydrogen-bond acceptors (Lipinski definition) is 3. The summed E-state index contributed by atoms with van der Waals surface area (Å²) in [6.45, 7) is 4.35. The maximum Gasteiger partial charge on any atom is 0.131 e. The summed E-state index contributed by atoms with van der Waals surface area (Å²) in [6.07, 6.45) is 5.43. The van der Waals surface area contributed by atoms with Gasteiger partial charge in [0.25, 0.3) is 0 Å². The molecule has 0 bridgehead atoms. The lowest BCUT2D eigenvalue weighted by molar-refractivity contribution is 0.583. The highest BCUT2D eigenvalue weighted by molar-refractivity contribution is 6.67. The minimum absolute atomic E-state index is 0.0236. The molecule has 0 saturated heterocycles. The van der Waals surface area contributed by atoms with Gasteiger partial charge in [-0.15, -0.1) is 0 Å². The van der Waals surface area contributed by atoms with Crippen molar-refractivity contribution in [2.75, 3.05) is 0 Å². The van der Waals surface area contributed by atoms with Gasteiger partial charge in [-0.25, -0.2) is 4.99 Å². The number of nitrogens with one attached hydrogen (secondary N) is 1. The van der Waals surface area contributed by atoms with Crippen LogP contribution < -0.4 is 5.73 Å². The van der Waals surface area contributed by atoms with Crippen LogP contribution in [0.1, 0.15) is 26.7 Å². The molecule has 0 amide bonds. The molecule has 3 N–H and O–H groups in total. The Labute approximate surface area is 95.2 Å². The van der Waals surface area contributed by atoms with Crippen LogP contribution in [0.25, 0.3) is 0 Å². The van der Waals surface area contributed by atoms with E-state index in [1.54, 1.807) is 0 Å². The molecule has 4 heteroatoms. The molecule has 0 aromatic rings. The van der Waals surface area contributed by atoms with Gasteiger partial charge in [-0.05, 0) is 30.9 Å². The molecule has 0 atom stereocenters. The zero-order chi connectivity index (χ0) is 11.4. The lowest BCUT2D eigenvalue weighted by Gasteiger charge is -2.01. The maximum absolute atomic E-state index is 7.13. The molecule has 0 aromatic heterocycles. The van der Waals surface area contributed by atoms with Crippen LogP contribution in [-0.4, -0.2) is 11.0 Å². The highest BCUT2D eigenvalue weighted by Gasteiger charge is 2.11. The molecule has 0 aromatic carbocycles. The third kappa shape index (κ3) is 3.88. The van der Waals surface area contributed by atoms with E-state index in [9.17, 15) is 0 Å². The molecule has 0 unspecified atom stereocenters. The Hall–Kier alpha value is -1.09. The zero-order valence-electron chi connectivity index (χ0n) is 9.05. The topological polar surface area (TPSA) is 62.2 Å². The Morgan fingerprint density at radius 3 is 2.87 bits per heavy atom. The Bertz CT molecular complexity index is 351. The van der Waals surface area contributed by atoms with Crippen LogP contribution in [-0.2, 0) is 0 Å². The summed E-state index contributed by atoms with van der Waals surface area (Å²) in [6, 6.07) is 0. The van der Waals surface area contributed by atoms with E-state index in [0.29, 0.717) is 11.8 Å². The van der Waals surface area contributed by atoms with Gasteiger partial charge in [0, 0.05) is 11.3 Å². The van der Waals surface area contributed by atoms with Gasteiger partial charge >= 0.3 is 0 Å². The second-order valence-electron chi connectivity index (χ2n) is 4.01. The maximum atomic E-state index is 7.13. The van der Waals surface area contributed by atoms with Crippen molar-refractivity contribution in [3.8, 4) is 0 Å². The van der Waals surface area contributed by atoms with Crippen molar-refractivity contribution >= 4 is 22.6 Å². The first-order valence-electron chi connectivity index (χ1n) is 5.00. The number of hydrogen-bond donors (Lipinski definition) is 2. The summed E-state index contributed by atoms with van der Waals surface area (Å²) in [7, 11) is 0. The number of halogens is 1. The van der Waals surface area contributed by atoms with Crippen molar-refractivity contribution in [3.05, 3.63) is 23.4 Å². The molecule has 0 aliphatic carbocycles. The third-order valence-electron chi connectivity index (χ3n) is 2.14. The number of rotatable bonds is 4. The summed E-state index contributed by atoms with van der Waals surface area (Å²) in [5, 5.41) is 7.11. The number of allylic oxidation sites excluding steroid dienone is 2. The van der Waals surface area contributed by atoms with Gasteiger partial charge in [0.2, 0.25) is 0 Å². The van der Waals surface area contributed by atoms with Gasteiger partial charge in [-0.1, -0.05) is 25.4 Å². The SMILES string of the molecule is CC(C)CCC1=C/C(=C/C(=N)Cl)C(N)=N1. The van der Waals surface area contributed by atoms with Crippen molar-refractivity contribution in [1.29, 1.82) is 5.41 Å². The smallest absolute Gasteiger partial charge is 0.131 e. The molecule has 15 heavy (non-hydrogen) atoms. The molecule has 0 radical (unpaired) electrons. The molecule has 0 spiro atoms. The van der Waals surface area contributed by atoms with Crippen molar-refractivity contribution < 1.29 is 0 Å². The van der Waals surface area contributed by atoms with Crippen LogP contribution in [0.2, 0.25) is 0 Å². The molecule has 1 aliphatic heterocycles. The average molecular weight is 226 g/mol. The van der Waals surface area contributed by atoms with Gasteiger partial charge in [-0.2, -0.15) is 0 Å². The largest absolute Gasteiger partial charge is 0.383 e. The van der Waals surface area contributed by atoms with Crippen LogP contribution in [0.4, 0.5) is 0 Å². The summed E-state index contributed by atoms with van der Waals surface area (Å²) in [5.74, 6) is 1.11. The second-order valence-corrected chi connectivity index (χ2v) is 4.42. The van der Waals surface area contributed by atoms with Crippen LogP contribution in [0.3, 0.4) is 0 Å². The molecule has 82 valence electrons. The summed E-state index contributed by atoms with van der Waals surface area (Å²) in [4.78, 5) is 4.23. The molecule has 0 saturated carbocycles. The first-order chi connectivity index (χ1) is 6.99. The molecular weight excluding hydrogens is 210 g/mol. The summed E-state index contributed by atoms with van der Waals surface area (Å²) in [5.41, 5.74) is 7.42. The minimum atomic E-state index is -0.0236. The lowest BCUT2D eigenvalue weighted by atomic mass is 10.1. The monoisotopic (exact) mass is 225 g/mol. The fraction of sp³-hybridized carbons (Fsp3) is 0.455. The standard InChI is InChI=1S/C11H16ClN3/c1-7(2)3-4-9-5-8(6-10(12)13)11(14)15-9/h5-7,13H,3-4H2,1-2H3,(H2,14,15)/b8-6-,13-10?. The van der Waals surface area contributed by atoms with E-state index in [0.717, 1.165) is 24.1 Å². The molecule has 0 fully saturated rings. The van der Waals surface area contributed by atoms with Gasteiger partial charge in [-0.3, -0.25) is 5.41 Å². The van der Waals surface area contributed by atoms with E-state index >= 15 is 0 Å². The zero-order valence-corrected chi connectivity index (χ0v) is 9.80. The van der Waals surface area contributed by atoms with E-state index in [-0.39, 0.29) is 5.17 Å². The summed E-state index contributed by atoms with van der Waals surface area (Å²) < 4.78 is 0. The molecule has 1 heterocycles. The van der Waals surface area contributed by atoms with E-state index in [1.807, 2.05) is 6.08 Å². The highest BCUT2D eigenvalue weighted by atomic mass is 35.5. The molecule has 1 aliphatic rings. The highest BCUT2D eigenvalue weighted by Crippen LogP contribution is 2.20. The fourth-order valence-electron chi connectivity index (χ4n) is 1.32. The number of amidine groups is 1. The fourth-order valence-corrected chi connectivity index (χ4v) is 1.44. The van der Waals surface area contributed by atoms with Gasteiger partial charge in [0.15, 0.2) is 0 Å². The first kappa shape index (κ1) is 12.0. The Morgan fingerprint density at radius 1 is 1.67 bits per heavy atom. The molecule has 3 nitrogen and oxygen atoms in total. The molecular formula is C11H16ClN3. The van der Waals surface area contributed by atoms with Gasteiger partial charge in [0.05, 0.1) is 0 Å². The number of nitrogens with zero attached hydrogens (tertiary/aromatic N) is 1. The van der Waals surface area contributed by atoms with Crippen molar-refractivity contribution in [2.45, 2.75) is 26.7 Å². The summed E-state index contributed by atoms with van der Waals surface area (Å²) >= 11 is 5.47. The van der Waals surface area contributed by atoms with Crippen molar-refractivity contribution in [1.82, 2.24) is 0 Å². The normalized spacial score (nSPS) is 18.3. The van der Waals surface area contributed by atoms with Crippen molar-refractivity contribution in [2.24, 2.45) is 16.6 Å². The first-order valence-corrected chi connectivity index (χ1v) is 5.37. The minimum Gasteiger partial charge on any atom is -0.383 e. The Balaban J connectivity index is 2.67. The van der Waals surface area contributed by atoms with Crippen LogP contribution in [0, 0.1) is 11.3 Å². The third-order valence-corrected chi connectivity index (χ3v) is 2.25. The molecule has 1 rings (SSSR count). The van der Waals surface area contributed by atoms with Crippen molar-refractivity contribution in [3.63, 3.8) is 0 Å².